The number of carbonyl (C=O) groups is 1. The Morgan fingerprint density at radius 1 is 1.10 bits per heavy atom. The lowest BCUT2D eigenvalue weighted by molar-refractivity contribution is -0.137. The molecule has 0 atom stereocenters. The second kappa shape index (κ2) is 10.7. The van der Waals surface area contributed by atoms with Crippen LogP contribution in [0.1, 0.15) is 51.0 Å². The lowest BCUT2D eigenvalue weighted by Crippen LogP contribution is -2.02. The van der Waals surface area contributed by atoms with Gasteiger partial charge in [-0.15, -0.1) is 0 Å². The number of benzene rings is 1. The highest BCUT2D eigenvalue weighted by molar-refractivity contribution is 6.37. The summed E-state index contributed by atoms with van der Waals surface area (Å²) in [6.45, 7) is 2.66. The summed E-state index contributed by atoms with van der Waals surface area (Å²) >= 11 is 12.0. The molecular weight excluding hydrogens is 307 g/mol. The number of ether oxygens (including phenoxy) is 1. The molecular formula is C17H22Cl2O2. The maximum Gasteiger partial charge on any atom is 0.330 e. The molecule has 4 heteroatoms. The molecule has 2 nitrogen and oxygen atoms in total. The van der Waals surface area contributed by atoms with Crippen molar-refractivity contribution in [3.05, 3.63) is 39.9 Å². The summed E-state index contributed by atoms with van der Waals surface area (Å²) in [7, 11) is 0. The van der Waals surface area contributed by atoms with Gasteiger partial charge >= 0.3 is 5.97 Å². The van der Waals surface area contributed by atoms with E-state index in [0.717, 1.165) is 12.8 Å². The molecule has 1 aromatic carbocycles. The van der Waals surface area contributed by atoms with Crippen molar-refractivity contribution in [1.82, 2.24) is 0 Å². The van der Waals surface area contributed by atoms with E-state index in [2.05, 4.69) is 6.92 Å². The van der Waals surface area contributed by atoms with Crippen LogP contribution in [-0.2, 0) is 9.53 Å². The molecule has 0 heterocycles. The fraction of sp³-hybridized carbons (Fsp3) is 0.471. The molecule has 0 amide bonds. The third-order valence-electron chi connectivity index (χ3n) is 3.13. The SMILES string of the molecule is CCCCCCCCOC(=O)/C=C/c1c(Cl)cccc1Cl. The van der Waals surface area contributed by atoms with Gasteiger partial charge in [0.2, 0.25) is 0 Å². The number of carbonyl (C=O) groups excluding carboxylic acids is 1. The molecule has 0 aromatic heterocycles. The van der Waals surface area contributed by atoms with Crippen LogP contribution in [0.3, 0.4) is 0 Å². The number of esters is 1. The Morgan fingerprint density at radius 2 is 1.71 bits per heavy atom. The van der Waals surface area contributed by atoms with Crippen LogP contribution in [0.2, 0.25) is 10.0 Å². The third-order valence-corrected chi connectivity index (χ3v) is 3.79. The van der Waals surface area contributed by atoms with Crippen molar-refractivity contribution in [3.8, 4) is 0 Å². The number of hydrogen-bond donors (Lipinski definition) is 0. The van der Waals surface area contributed by atoms with E-state index in [1.165, 1.54) is 31.8 Å². The first kappa shape index (κ1) is 18.1. The van der Waals surface area contributed by atoms with Gasteiger partial charge in [-0.25, -0.2) is 4.79 Å². The van der Waals surface area contributed by atoms with Crippen LogP contribution in [0, 0.1) is 0 Å². The summed E-state index contributed by atoms with van der Waals surface area (Å²) in [6, 6.07) is 5.22. The van der Waals surface area contributed by atoms with Crippen LogP contribution in [0.5, 0.6) is 0 Å². The van der Waals surface area contributed by atoms with Crippen molar-refractivity contribution in [1.29, 1.82) is 0 Å². The zero-order valence-electron chi connectivity index (χ0n) is 12.4. The van der Waals surface area contributed by atoms with Crippen LogP contribution in [0.25, 0.3) is 6.08 Å². The van der Waals surface area contributed by atoms with E-state index in [-0.39, 0.29) is 5.97 Å². The summed E-state index contributed by atoms with van der Waals surface area (Å²) < 4.78 is 5.14. The molecule has 0 radical (unpaired) electrons. The predicted molar refractivity (Wildman–Crippen MR) is 89.8 cm³/mol. The summed E-state index contributed by atoms with van der Waals surface area (Å²) in [5, 5.41) is 1.03. The van der Waals surface area contributed by atoms with Crippen LogP contribution in [0.15, 0.2) is 24.3 Å². The lowest BCUT2D eigenvalue weighted by Gasteiger charge is -2.03. The fourth-order valence-corrected chi connectivity index (χ4v) is 2.45. The van der Waals surface area contributed by atoms with Gasteiger partial charge in [0.1, 0.15) is 0 Å². The summed E-state index contributed by atoms with van der Waals surface area (Å²) in [5.74, 6) is -0.362. The molecule has 1 rings (SSSR count). The third kappa shape index (κ3) is 7.54. The van der Waals surface area contributed by atoms with Gasteiger partial charge < -0.3 is 4.74 Å². The lowest BCUT2D eigenvalue weighted by atomic mass is 10.1. The molecule has 116 valence electrons. The minimum Gasteiger partial charge on any atom is -0.463 e. The molecule has 0 aliphatic heterocycles. The predicted octanol–water partition coefficient (Wildman–Crippen LogP) is 5.91. The number of rotatable bonds is 9. The highest BCUT2D eigenvalue weighted by atomic mass is 35.5. The van der Waals surface area contributed by atoms with Crippen LogP contribution in [0.4, 0.5) is 0 Å². The van der Waals surface area contributed by atoms with Gasteiger partial charge in [-0.05, 0) is 24.6 Å². The second-order valence-corrected chi connectivity index (χ2v) is 5.72. The zero-order valence-corrected chi connectivity index (χ0v) is 13.9. The first-order valence-corrected chi connectivity index (χ1v) is 8.19. The van der Waals surface area contributed by atoms with Gasteiger partial charge in [0.15, 0.2) is 0 Å². The van der Waals surface area contributed by atoms with Gasteiger partial charge in [0.05, 0.1) is 6.61 Å². The molecule has 0 spiro atoms. The first-order valence-electron chi connectivity index (χ1n) is 7.44. The Hall–Kier alpha value is -0.990. The molecule has 0 aliphatic carbocycles. The number of hydrogen-bond acceptors (Lipinski definition) is 2. The zero-order chi connectivity index (χ0) is 15.5. The van der Waals surface area contributed by atoms with Crippen molar-refractivity contribution >= 4 is 35.2 Å². The normalized spacial score (nSPS) is 11.0. The minimum atomic E-state index is -0.362. The number of halogens is 2. The highest BCUT2D eigenvalue weighted by Crippen LogP contribution is 2.25. The molecule has 0 aliphatic rings. The Balaban J connectivity index is 2.26. The molecule has 21 heavy (non-hydrogen) atoms. The van der Waals surface area contributed by atoms with Gasteiger partial charge in [0.25, 0.3) is 0 Å². The van der Waals surface area contributed by atoms with E-state index in [1.807, 2.05) is 0 Å². The van der Waals surface area contributed by atoms with Crippen LogP contribution >= 0.6 is 23.2 Å². The van der Waals surface area contributed by atoms with Crippen LogP contribution in [-0.4, -0.2) is 12.6 Å². The second-order valence-electron chi connectivity index (χ2n) is 4.90. The summed E-state index contributed by atoms with van der Waals surface area (Å²) in [4.78, 5) is 11.6. The van der Waals surface area contributed by atoms with Crippen LogP contribution < -0.4 is 0 Å². The maximum atomic E-state index is 11.6. The summed E-state index contributed by atoms with van der Waals surface area (Å²) in [5.41, 5.74) is 0.636. The van der Waals surface area contributed by atoms with Gasteiger partial charge in [-0.2, -0.15) is 0 Å². The highest BCUT2D eigenvalue weighted by Gasteiger charge is 2.03. The monoisotopic (exact) mass is 328 g/mol. The van der Waals surface area contributed by atoms with E-state index in [1.54, 1.807) is 24.3 Å². The Bertz CT molecular complexity index is 450. The smallest absolute Gasteiger partial charge is 0.330 e. The fourth-order valence-electron chi connectivity index (χ4n) is 1.92. The molecule has 1 aromatic rings. The quantitative estimate of drug-likeness (QED) is 0.320. The van der Waals surface area contributed by atoms with Gasteiger partial charge in [-0.3, -0.25) is 0 Å². The van der Waals surface area contributed by atoms with Crippen molar-refractivity contribution in [2.24, 2.45) is 0 Å². The first-order chi connectivity index (χ1) is 10.1. The molecule has 0 fully saturated rings. The molecule has 0 saturated carbocycles. The van der Waals surface area contributed by atoms with E-state index in [0.29, 0.717) is 22.2 Å². The molecule has 0 bridgehead atoms. The van der Waals surface area contributed by atoms with Gasteiger partial charge in [-0.1, -0.05) is 68.3 Å². The minimum absolute atomic E-state index is 0.362. The maximum absolute atomic E-state index is 11.6. The average molecular weight is 329 g/mol. The molecule has 0 saturated heterocycles. The Kier molecular flexibility index (Phi) is 9.20. The Morgan fingerprint density at radius 3 is 2.38 bits per heavy atom. The largest absolute Gasteiger partial charge is 0.463 e. The van der Waals surface area contributed by atoms with E-state index >= 15 is 0 Å². The van der Waals surface area contributed by atoms with E-state index in [9.17, 15) is 4.79 Å². The van der Waals surface area contributed by atoms with Crippen molar-refractivity contribution in [2.75, 3.05) is 6.61 Å². The standard InChI is InChI=1S/C17H22Cl2O2/c1-2-3-4-5-6-7-13-21-17(20)12-11-14-15(18)9-8-10-16(14)19/h8-12H,2-7,13H2,1H3/b12-11+. The average Bonchev–Trinajstić information content (AvgIpc) is 2.46. The van der Waals surface area contributed by atoms with E-state index < -0.39 is 0 Å². The van der Waals surface area contributed by atoms with E-state index in [4.69, 9.17) is 27.9 Å². The topological polar surface area (TPSA) is 26.3 Å². The Labute approximate surface area is 137 Å². The van der Waals surface area contributed by atoms with Crippen molar-refractivity contribution in [2.45, 2.75) is 45.4 Å². The van der Waals surface area contributed by atoms with Crippen molar-refractivity contribution in [3.63, 3.8) is 0 Å². The van der Waals surface area contributed by atoms with Gasteiger partial charge in [0, 0.05) is 21.7 Å². The van der Waals surface area contributed by atoms with Crippen molar-refractivity contribution < 1.29 is 9.53 Å². The molecule has 0 N–H and O–H groups in total. The molecule has 0 unspecified atom stereocenters. The summed E-state index contributed by atoms with van der Waals surface area (Å²) in [6.07, 6.45) is 9.96. The number of unbranched alkanes of at least 4 members (excludes halogenated alkanes) is 5.